The van der Waals surface area contributed by atoms with Crippen LogP contribution in [-0.2, 0) is 11.2 Å². The summed E-state index contributed by atoms with van der Waals surface area (Å²) >= 11 is 0. The predicted molar refractivity (Wildman–Crippen MR) is 118 cm³/mol. The second-order valence-electron chi connectivity index (χ2n) is 7.19. The Balaban J connectivity index is 1.57. The molecule has 0 spiro atoms. The summed E-state index contributed by atoms with van der Waals surface area (Å²) in [4.78, 5) is 6.78. The molecule has 1 heterocycles. The molecule has 0 amide bonds. The van der Waals surface area contributed by atoms with E-state index in [9.17, 15) is 4.39 Å². The molecule has 0 radical (unpaired) electrons. The Morgan fingerprint density at radius 2 is 1.80 bits per heavy atom. The lowest BCUT2D eigenvalue weighted by Gasteiger charge is -2.35. The van der Waals surface area contributed by atoms with E-state index >= 15 is 0 Å². The Hall–Kier alpha value is -2.64. The molecule has 3 rings (SSSR count). The highest BCUT2D eigenvalue weighted by atomic mass is 19.1. The number of nitrogens with zero attached hydrogens (tertiary/aromatic N) is 2. The van der Waals surface area contributed by atoms with Crippen molar-refractivity contribution >= 4 is 5.96 Å². The second kappa shape index (κ2) is 11.5. The quantitative estimate of drug-likeness (QED) is 0.514. The predicted octanol–water partition coefficient (Wildman–Crippen LogP) is 2.62. The molecule has 2 aromatic carbocycles. The van der Waals surface area contributed by atoms with Crippen molar-refractivity contribution in [1.82, 2.24) is 15.5 Å². The number of hydrogen-bond donors (Lipinski definition) is 2. The van der Waals surface area contributed by atoms with Crippen molar-refractivity contribution in [2.24, 2.45) is 4.99 Å². The van der Waals surface area contributed by atoms with Crippen LogP contribution in [0.15, 0.2) is 53.5 Å². The van der Waals surface area contributed by atoms with E-state index in [4.69, 9.17) is 9.47 Å². The van der Waals surface area contributed by atoms with Gasteiger partial charge in [0.05, 0.1) is 26.4 Å². The zero-order valence-corrected chi connectivity index (χ0v) is 17.7. The molecule has 30 heavy (non-hydrogen) atoms. The molecule has 0 aliphatic carbocycles. The van der Waals surface area contributed by atoms with Gasteiger partial charge in [-0.1, -0.05) is 24.3 Å². The number of guanidine groups is 1. The lowest BCUT2D eigenvalue weighted by molar-refractivity contribution is 0.0170. The van der Waals surface area contributed by atoms with Crippen molar-refractivity contribution in [3.63, 3.8) is 0 Å². The summed E-state index contributed by atoms with van der Waals surface area (Å²) in [5.74, 6) is 1.39. The first-order valence-corrected chi connectivity index (χ1v) is 10.3. The lowest BCUT2D eigenvalue weighted by atomic mass is 10.0. The number of rotatable bonds is 8. The van der Waals surface area contributed by atoms with Gasteiger partial charge in [0.2, 0.25) is 0 Å². The molecule has 162 valence electrons. The third-order valence-corrected chi connectivity index (χ3v) is 5.29. The van der Waals surface area contributed by atoms with Crippen LogP contribution in [0.25, 0.3) is 0 Å². The molecule has 1 aliphatic heterocycles. The van der Waals surface area contributed by atoms with Gasteiger partial charge < -0.3 is 20.1 Å². The van der Waals surface area contributed by atoms with Gasteiger partial charge in [-0.15, -0.1) is 0 Å². The molecule has 2 aromatic rings. The maximum Gasteiger partial charge on any atom is 0.191 e. The van der Waals surface area contributed by atoms with E-state index in [2.05, 4.69) is 32.7 Å². The first kappa shape index (κ1) is 22.1. The van der Waals surface area contributed by atoms with E-state index in [1.807, 2.05) is 24.3 Å². The molecule has 1 saturated heterocycles. The fraction of sp³-hybridized carbons (Fsp3) is 0.435. The van der Waals surface area contributed by atoms with E-state index < -0.39 is 0 Å². The van der Waals surface area contributed by atoms with Gasteiger partial charge in [-0.05, 0) is 41.8 Å². The molecular formula is C23H31FN4O2. The molecule has 0 bridgehead atoms. The average molecular weight is 415 g/mol. The number of morpholine rings is 1. The first-order valence-electron chi connectivity index (χ1n) is 10.3. The van der Waals surface area contributed by atoms with Crippen LogP contribution >= 0.6 is 0 Å². The Kier molecular flexibility index (Phi) is 8.47. The molecule has 2 N–H and O–H groups in total. The van der Waals surface area contributed by atoms with Gasteiger partial charge in [-0.3, -0.25) is 9.89 Å². The molecule has 0 saturated carbocycles. The van der Waals surface area contributed by atoms with Gasteiger partial charge >= 0.3 is 0 Å². The van der Waals surface area contributed by atoms with Gasteiger partial charge in [0.1, 0.15) is 11.6 Å². The maximum absolute atomic E-state index is 13.0. The standard InChI is InChI=1S/C23H31FN4O2/c1-25-23(26-12-11-18-3-7-20(24)8-4-18)27-17-22(28-13-15-30-16-14-28)19-5-9-21(29-2)10-6-19/h3-10,22H,11-17H2,1-2H3,(H2,25,26,27). The number of benzene rings is 2. The highest BCUT2D eigenvalue weighted by Gasteiger charge is 2.23. The second-order valence-corrected chi connectivity index (χ2v) is 7.19. The van der Waals surface area contributed by atoms with Crippen LogP contribution in [0.3, 0.4) is 0 Å². The fourth-order valence-electron chi connectivity index (χ4n) is 3.56. The van der Waals surface area contributed by atoms with Crippen molar-refractivity contribution in [2.75, 3.05) is 53.6 Å². The molecule has 1 atom stereocenters. The van der Waals surface area contributed by atoms with Crippen LogP contribution in [0.5, 0.6) is 5.75 Å². The zero-order valence-electron chi connectivity index (χ0n) is 17.7. The molecule has 6 nitrogen and oxygen atoms in total. The van der Waals surface area contributed by atoms with Crippen LogP contribution in [0.4, 0.5) is 4.39 Å². The minimum absolute atomic E-state index is 0.204. The summed E-state index contributed by atoms with van der Waals surface area (Å²) in [6, 6.07) is 15.0. The summed E-state index contributed by atoms with van der Waals surface area (Å²) in [6.07, 6.45) is 0.798. The maximum atomic E-state index is 13.0. The largest absolute Gasteiger partial charge is 0.497 e. The monoisotopic (exact) mass is 414 g/mol. The van der Waals surface area contributed by atoms with Crippen LogP contribution in [0, 0.1) is 5.82 Å². The van der Waals surface area contributed by atoms with Crippen molar-refractivity contribution in [1.29, 1.82) is 0 Å². The summed E-state index contributed by atoms with van der Waals surface area (Å²) in [5.41, 5.74) is 2.32. The van der Waals surface area contributed by atoms with Gasteiger partial charge in [0, 0.05) is 33.2 Å². The number of hydrogen-bond acceptors (Lipinski definition) is 4. The SMILES string of the molecule is CN=C(NCCc1ccc(F)cc1)NCC(c1ccc(OC)cc1)N1CCOCC1. The molecule has 1 fully saturated rings. The normalized spacial score (nSPS) is 16.2. The number of halogens is 1. The topological polar surface area (TPSA) is 58.1 Å². The Morgan fingerprint density at radius 1 is 1.10 bits per heavy atom. The number of ether oxygens (including phenoxy) is 2. The van der Waals surface area contributed by atoms with E-state index in [0.29, 0.717) is 0 Å². The minimum atomic E-state index is -0.211. The number of nitrogens with one attached hydrogen (secondary N) is 2. The van der Waals surface area contributed by atoms with E-state index in [1.54, 1.807) is 14.2 Å². The van der Waals surface area contributed by atoms with E-state index in [1.165, 1.54) is 17.7 Å². The Labute approximate surface area is 178 Å². The van der Waals surface area contributed by atoms with Gasteiger partial charge in [-0.25, -0.2) is 4.39 Å². The zero-order chi connectivity index (χ0) is 21.2. The van der Waals surface area contributed by atoms with Crippen LogP contribution in [0.2, 0.25) is 0 Å². The summed E-state index contributed by atoms with van der Waals surface area (Å²) < 4.78 is 23.9. The fourth-order valence-corrected chi connectivity index (χ4v) is 3.56. The molecule has 1 unspecified atom stereocenters. The van der Waals surface area contributed by atoms with Crippen LogP contribution in [0.1, 0.15) is 17.2 Å². The van der Waals surface area contributed by atoms with Crippen LogP contribution in [-0.4, -0.2) is 64.4 Å². The van der Waals surface area contributed by atoms with Crippen LogP contribution < -0.4 is 15.4 Å². The van der Waals surface area contributed by atoms with Gasteiger partial charge in [0.15, 0.2) is 5.96 Å². The van der Waals surface area contributed by atoms with Crippen molar-refractivity contribution in [3.8, 4) is 5.75 Å². The third kappa shape index (κ3) is 6.43. The summed E-state index contributed by atoms with van der Waals surface area (Å²) in [7, 11) is 3.45. The Bertz CT molecular complexity index is 790. The Morgan fingerprint density at radius 3 is 2.43 bits per heavy atom. The molecule has 0 aromatic heterocycles. The third-order valence-electron chi connectivity index (χ3n) is 5.29. The number of methoxy groups -OCH3 is 1. The first-order chi connectivity index (χ1) is 14.7. The number of aliphatic imine (C=N–C) groups is 1. The van der Waals surface area contributed by atoms with E-state index in [0.717, 1.165) is 63.1 Å². The summed E-state index contributed by atoms with van der Waals surface area (Å²) in [6.45, 7) is 4.73. The highest BCUT2D eigenvalue weighted by molar-refractivity contribution is 5.79. The smallest absolute Gasteiger partial charge is 0.191 e. The summed E-state index contributed by atoms with van der Waals surface area (Å²) in [5, 5.41) is 6.80. The van der Waals surface area contributed by atoms with Gasteiger partial charge in [-0.2, -0.15) is 0 Å². The van der Waals surface area contributed by atoms with Crippen molar-refractivity contribution in [3.05, 3.63) is 65.5 Å². The highest BCUT2D eigenvalue weighted by Crippen LogP contribution is 2.23. The van der Waals surface area contributed by atoms with Crippen molar-refractivity contribution in [2.45, 2.75) is 12.5 Å². The minimum Gasteiger partial charge on any atom is -0.497 e. The lowest BCUT2D eigenvalue weighted by Crippen LogP contribution is -2.46. The van der Waals surface area contributed by atoms with Gasteiger partial charge in [0.25, 0.3) is 0 Å². The van der Waals surface area contributed by atoms with Crippen molar-refractivity contribution < 1.29 is 13.9 Å². The molecule has 1 aliphatic rings. The van der Waals surface area contributed by atoms with E-state index in [-0.39, 0.29) is 11.9 Å². The molecule has 7 heteroatoms. The average Bonchev–Trinajstić information content (AvgIpc) is 2.80. The molecular weight excluding hydrogens is 383 g/mol.